The van der Waals surface area contributed by atoms with Crippen molar-refractivity contribution in [3.63, 3.8) is 0 Å². The molecule has 4 aromatic rings. The quantitative estimate of drug-likeness (QED) is 0.216. The van der Waals surface area contributed by atoms with Crippen molar-refractivity contribution in [2.45, 2.75) is 31.3 Å². The Morgan fingerprint density at radius 3 is 2.40 bits per heavy atom. The maximum absolute atomic E-state index is 14.5. The molecule has 0 saturated heterocycles. The van der Waals surface area contributed by atoms with E-state index < -0.39 is 17.8 Å². The molecule has 3 N–H and O–H groups in total. The average molecular weight is 573 g/mol. The van der Waals surface area contributed by atoms with Crippen LogP contribution < -0.4 is 16.0 Å². The maximum Gasteiger partial charge on any atom is 0.407 e. The molecule has 2 heterocycles. The predicted molar refractivity (Wildman–Crippen MR) is 153 cm³/mol. The van der Waals surface area contributed by atoms with Crippen LogP contribution in [0.1, 0.15) is 40.9 Å². The van der Waals surface area contributed by atoms with Crippen LogP contribution in [0.4, 0.5) is 19.4 Å². The van der Waals surface area contributed by atoms with Crippen LogP contribution >= 0.6 is 0 Å². The topological polar surface area (TPSA) is 118 Å². The predicted octanol–water partition coefficient (Wildman–Crippen LogP) is 5.01. The SMILES string of the molecule is O=C(NCCNC(=O)c1cc(-c2ccc(NCC3(c4ncccc4F)CCC3)nn2)ccc1F)OCc1ccccc1. The number of nitrogens with zero attached hydrogens (tertiary/aromatic N) is 3. The number of ether oxygens (including phenoxy) is 1. The highest BCUT2D eigenvalue weighted by molar-refractivity contribution is 5.95. The molecular weight excluding hydrogens is 542 g/mol. The summed E-state index contributed by atoms with van der Waals surface area (Å²) in [6.07, 6.45) is 3.64. The molecule has 2 amide bonds. The molecule has 0 bridgehead atoms. The van der Waals surface area contributed by atoms with Crippen molar-refractivity contribution < 1.29 is 23.1 Å². The molecule has 0 spiro atoms. The summed E-state index contributed by atoms with van der Waals surface area (Å²) in [5, 5.41) is 16.8. The Morgan fingerprint density at radius 2 is 1.69 bits per heavy atom. The van der Waals surface area contributed by atoms with E-state index in [2.05, 4.69) is 31.1 Å². The molecule has 1 aliphatic rings. The van der Waals surface area contributed by atoms with Gasteiger partial charge in [-0.05, 0) is 60.9 Å². The molecular formula is C31H30F2N6O3. The highest BCUT2D eigenvalue weighted by Crippen LogP contribution is 2.43. The summed E-state index contributed by atoms with van der Waals surface area (Å²) in [5.41, 5.74) is 1.73. The molecule has 2 aromatic carbocycles. The van der Waals surface area contributed by atoms with Crippen LogP contribution in [-0.2, 0) is 16.8 Å². The van der Waals surface area contributed by atoms with Gasteiger partial charge in [0.1, 0.15) is 24.1 Å². The Kier molecular flexibility index (Phi) is 8.96. The lowest BCUT2D eigenvalue weighted by Gasteiger charge is -2.41. The number of halogens is 2. The van der Waals surface area contributed by atoms with Gasteiger partial charge >= 0.3 is 6.09 Å². The second-order valence-electron chi connectivity index (χ2n) is 10.1. The van der Waals surface area contributed by atoms with E-state index in [4.69, 9.17) is 4.74 Å². The van der Waals surface area contributed by atoms with Crippen molar-refractivity contribution >= 4 is 17.8 Å². The van der Waals surface area contributed by atoms with Gasteiger partial charge in [-0.2, -0.15) is 0 Å². The van der Waals surface area contributed by atoms with Crippen LogP contribution in [-0.4, -0.2) is 46.8 Å². The summed E-state index contributed by atoms with van der Waals surface area (Å²) in [4.78, 5) is 28.8. The van der Waals surface area contributed by atoms with Gasteiger partial charge in [0.05, 0.1) is 17.0 Å². The Balaban J connectivity index is 1.13. The number of benzene rings is 2. The summed E-state index contributed by atoms with van der Waals surface area (Å²) < 4.78 is 34.0. The lowest BCUT2D eigenvalue weighted by Crippen LogP contribution is -2.42. The molecule has 1 saturated carbocycles. The van der Waals surface area contributed by atoms with Gasteiger partial charge in [0.2, 0.25) is 0 Å². The number of hydrogen-bond donors (Lipinski definition) is 3. The number of hydrogen-bond acceptors (Lipinski definition) is 7. The third kappa shape index (κ3) is 6.85. The molecule has 0 atom stereocenters. The van der Waals surface area contributed by atoms with E-state index in [1.165, 1.54) is 24.3 Å². The summed E-state index contributed by atoms with van der Waals surface area (Å²) in [5.74, 6) is -1.12. The molecule has 2 aromatic heterocycles. The number of carbonyl (C=O) groups excluding carboxylic acids is 2. The first-order valence-electron chi connectivity index (χ1n) is 13.6. The third-order valence-electron chi connectivity index (χ3n) is 7.24. The van der Waals surface area contributed by atoms with Gasteiger partial charge < -0.3 is 20.7 Å². The smallest absolute Gasteiger partial charge is 0.407 e. The molecule has 0 radical (unpaired) electrons. The second-order valence-corrected chi connectivity index (χ2v) is 10.1. The summed E-state index contributed by atoms with van der Waals surface area (Å²) in [7, 11) is 0. The van der Waals surface area contributed by atoms with Crippen LogP contribution in [0.15, 0.2) is 79.0 Å². The Bertz CT molecular complexity index is 1530. The van der Waals surface area contributed by atoms with Gasteiger partial charge in [-0.1, -0.05) is 36.8 Å². The molecule has 42 heavy (non-hydrogen) atoms. The molecule has 0 aliphatic heterocycles. The zero-order valence-corrected chi connectivity index (χ0v) is 22.8. The Morgan fingerprint density at radius 1 is 0.881 bits per heavy atom. The fraction of sp³-hybridized carbons (Fsp3) is 0.258. The van der Waals surface area contributed by atoms with Gasteiger partial charge in [0.15, 0.2) is 0 Å². The highest BCUT2D eigenvalue weighted by Gasteiger charge is 2.41. The number of amides is 2. The minimum absolute atomic E-state index is 0.0764. The summed E-state index contributed by atoms with van der Waals surface area (Å²) in [6, 6.07) is 19.8. The number of aromatic nitrogens is 3. The van der Waals surface area contributed by atoms with Crippen molar-refractivity contribution in [1.29, 1.82) is 0 Å². The lowest BCUT2D eigenvalue weighted by molar-refractivity contribution is 0.0947. The van der Waals surface area contributed by atoms with Crippen molar-refractivity contribution in [2.24, 2.45) is 0 Å². The van der Waals surface area contributed by atoms with E-state index >= 15 is 0 Å². The second kappa shape index (κ2) is 13.2. The molecule has 216 valence electrons. The van der Waals surface area contributed by atoms with Gasteiger partial charge in [-0.3, -0.25) is 9.78 Å². The number of carbonyl (C=O) groups is 2. The van der Waals surface area contributed by atoms with E-state index in [9.17, 15) is 18.4 Å². The third-order valence-corrected chi connectivity index (χ3v) is 7.24. The van der Waals surface area contributed by atoms with Gasteiger partial charge in [0, 0.05) is 36.8 Å². The average Bonchev–Trinajstić information content (AvgIpc) is 2.99. The molecule has 5 rings (SSSR count). The van der Waals surface area contributed by atoms with Gasteiger partial charge in [-0.15, -0.1) is 10.2 Å². The lowest BCUT2D eigenvalue weighted by atomic mass is 9.66. The van der Waals surface area contributed by atoms with Crippen molar-refractivity contribution in [3.05, 3.63) is 107 Å². The fourth-order valence-corrected chi connectivity index (χ4v) is 4.79. The van der Waals surface area contributed by atoms with Gasteiger partial charge in [0.25, 0.3) is 5.91 Å². The Hall–Kier alpha value is -4.93. The van der Waals surface area contributed by atoms with Crippen molar-refractivity contribution in [3.8, 4) is 11.3 Å². The normalized spacial score (nSPS) is 13.5. The van der Waals surface area contributed by atoms with E-state index in [0.29, 0.717) is 29.3 Å². The summed E-state index contributed by atoms with van der Waals surface area (Å²) in [6.45, 7) is 0.778. The van der Waals surface area contributed by atoms with Crippen LogP contribution in [0.2, 0.25) is 0 Å². The largest absolute Gasteiger partial charge is 0.445 e. The monoisotopic (exact) mass is 572 g/mol. The number of nitrogens with one attached hydrogen (secondary N) is 3. The number of pyridine rings is 1. The number of rotatable bonds is 11. The minimum Gasteiger partial charge on any atom is -0.445 e. The summed E-state index contributed by atoms with van der Waals surface area (Å²) >= 11 is 0. The highest BCUT2D eigenvalue weighted by atomic mass is 19.1. The molecule has 9 nitrogen and oxygen atoms in total. The standard InChI is InChI=1S/C31H30F2N6O3/c32-24-10-9-22(18-23(24)29(40)35-16-17-36-30(41)42-19-21-6-2-1-3-7-21)26-11-12-27(39-38-26)37-20-31(13-5-14-31)28-25(33)8-4-15-34-28/h1-4,6-12,15,18H,5,13-14,16-17,19-20H2,(H,35,40)(H,36,41)(H,37,39). The maximum atomic E-state index is 14.5. The van der Waals surface area contributed by atoms with Crippen LogP contribution in [0.3, 0.4) is 0 Å². The van der Waals surface area contributed by atoms with Gasteiger partial charge in [-0.25, -0.2) is 13.6 Å². The van der Waals surface area contributed by atoms with Crippen molar-refractivity contribution in [2.75, 3.05) is 25.0 Å². The number of anilines is 1. The minimum atomic E-state index is -0.690. The van der Waals surface area contributed by atoms with E-state index in [1.54, 1.807) is 24.4 Å². The molecule has 1 fully saturated rings. The Labute approximate surface area is 241 Å². The van der Waals surface area contributed by atoms with Crippen molar-refractivity contribution in [1.82, 2.24) is 25.8 Å². The number of alkyl carbamates (subject to hydrolysis) is 1. The zero-order valence-electron chi connectivity index (χ0n) is 22.8. The molecule has 11 heteroatoms. The molecule has 1 aliphatic carbocycles. The van der Waals surface area contributed by atoms with Crippen LogP contribution in [0, 0.1) is 11.6 Å². The first-order valence-corrected chi connectivity index (χ1v) is 13.6. The van der Waals surface area contributed by atoms with E-state index in [1.807, 2.05) is 30.3 Å². The van der Waals surface area contributed by atoms with Crippen LogP contribution in [0.5, 0.6) is 0 Å². The first-order chi connectivity index (χ1) is 20.4. The first kappa shape index (κ1) is 28.6. The zero-order chi connectivity index (χ0) is 29.4. The van der Waals surface area contributed by atoms with Crippen LogP contribution in [0.25, 0.3) is 11.3 Å². The van der Waals surface area contributed by atoms with E-state index in [-0.39, 0.29) is 36.5 Å². The molecule has 0 unspecified atom stereocenters. The fourth-order valence-electron chi connectivity index (χ4n) is 4.79. The van der Waals surface area contributed by atoms with E-state index in [0.717, 1.165) is 24.8 Å².